The zero-order chi connectivity index (χ0) is 13.1. The van der Waals surface area contributed by atoms with Crippen molar-refractivity contribution < 1.29 is 19.1 Å². The van der Waals surface area contributed by atoms with Crippen LogP contribution in [-0.4, -0.2) is 29.8 Å². The van der Waals surface area contributed by atoms with Gasteiger partial charge < -0.3 is 19.6 Å². The van der Waals surface area contributed by atoms with Gasteiger partial charge in [0.15, 0.2) is 0 Å². The van der Waals surface area contributed by atoms with Gasteiger partial charge in [-0.25, -0.2) is 4.79 Å². The summed E-state index contributed by atoms with van der Waals surface area (Å²) in [6.45, 7) is 4.81. The van der Waals surface area contributed by atoms with Crippen LogP contribution in [0.15, 0.2) is 16.5 Å². The molecule has 2 heterocycles. The molecule has 3 unspecified atom stereocenters. The van der Waals surface area contributed by atoms with Gasteiger partial charge in [0, 0.05) is 12.6 Å². The second-order valence-corrected chi connectivity index (χ2v) is 4.80. The molecule has 3 atom stereocenters. The quantitative estimate of drug-likeness (QED) is 0.860. The molecule has 2 rings (SSSR count). The third-order valence-electron chi connectivity index (χ3n) is 3.24. The van der Waals surface area contributed by atoms with Crippen LogP contribution in [0.25, 0.3) is 0 Å². The van der Waals surface area contributed by atoms with Crippen molar-refractivity contribution in [2.75, 3.05) is 6.61 Å². The minimum atomic E-state index is -1.03. The number of nitrogens with one attached hydrogen (secondary N) is 1. The van der Waals surface area contributed by atoms with Crippen molar-refractivity contribution in [1.82, 2.24) is 5.32 Å². The first-order chi connectivity index (χ1) is 8.56. The molecule has 100 valence electrons. The average molecular weight is 253 g/mol. The van der Waals surface area contributed by atoms with Crippen LogP contribution in [0.4, 0.5) is 0 Å². The number of hydrogen-bond acceptors (Lipinski definition) is 4. The minimum Gasteiger partial charge on any atom is -0.475 e. The summed E-state index contributed by atoms with van der Waals surface area (Å²) >= 11 is 0. The lowest BCUT2D eigenvalue weighted by atomic mass is 10.0. The predicted octanol–water partition coefficient (Wildman–Crippen LogP) is 2.20. The molecule has 0 spiro atoms. The van der Waals surface area contributed by atoms with Gasteiger partial charge in [0.1, 0.15) is 5.76 Å². The molecule has 1 aromatic heterocycles. The van der Waals surface area contributed by atoms with Crippen molar-refractivity contribution in [3.05, 3.63) is 23.7 Å². The first kappa shape index (κ1) is 13.1. The Hall–Kier alpha value is -1.33. The number of hydrogen-bond donors (Lipinski definition) is 2. The third kappa shape index (κ3) is 3.11. The van der Waals surface area contributed by atoms with Crippen LogP contribution in [0.1, 0.15) is 49.0 Å². The van der Waals surface area contributed by atoms with Gasteiger partial charge in [-0.15, -0.1) is 0 Å². The highest BCUT2D eigenvalue weighted by atomic mass is 16.5. The molecule has 1 aromatic rings. The molecule has 1 aliphatic rings. The molecule has 1 saturated heterocycles. The second-order valence-electron chi connectivity index (χ2n) is 4.80. The van der Waals surface area contributed by atoms with Crippen molar-refractivity contribution in [1.29, 1.82) is 0 Å². The van der Waals surface area contributed by atoms with Gasteiger partial charge in [-0.05, 0) is 38.8 Å². The standard InChI is InChI=1S/C13H19NO4/c1-8-7-10(5-6-17-8)14-9(2)11-3-4-12(18-11)13(15)16/h3-4,8-10,14H,5-7H2,1-2H3,(H,15,16). The molecule has 0 aliphatic carbocycles. The molecule has 0 saturated carbocycles. The molecule has 0 radical (unpaired) electrons. The summed E-state index contributed by atoms with van der Waals surface area (Å²) < 4.78 is 10.8. The summed E-state index contributed by atoms with van der Waals surface area (Å²) in [5.41, 5.74) is 0. The smallest absolute Gasteiger partial charge is 0.371 e. The van der Waals surface area contributed by atoms with Crippen molar-refractivity contribution in [2.24, 2.45) is 0 Å². The molecule has 1 fully saturated rings. The van der Waals surface area contributed by atoms with E-state index in [4.69, 9.17) is 14.3 Å². The molecular formula is C13H19NO4. The van der Waals surface area contributed by atoms with Gasteiger partial charge in [-0.2, -0.15) is 0 Å². The van der Waals surface area contributed by atoms with E-state index in [0.29, 0.717) is 11.8 Å². The molecule has 5 nitrogen and oxygen atoms in total. The molecule has 5 heteroatoms. The van der Waals surface area contributed by atoms with Gasteiger partial charge in [-0.3, -0.25) is 0 Å². The van der Waals surface area contributed by atoms with Crippen molar-refractivity contribution in [3.63, 3.8) is 0 Å². The zero-order valence-corrected chi connectivity index (χ0v) is 10.7. The van der Waals surface area contributed by atoms with E-state index in [1.807, 2.05) is 6.92 Å². The predicted molar refractivity (Wildman–Crippen MR) is 65.7 cm³/mol. The fourth-order valence-corrected chi connectivity index (χ4v) is 2.29. The fraction of sp³-hybridized carbons (Fsp3) is 0.615. The number of carboxylic acid groups (broad SMARTS) is 1. The zero-order valence-electron chi connectivity index (χ0n) is 10.7. The van der Waals surface area contributed by atoms with E-state index in [0.717, 1.165) is 19.4 Å². The van der Waals surface area contributed by atoms with Crippen LogP contribution < -0.4 is 5.32 Å². The number of carboxylic acids is 1. The van der Waals surface area contributed by atoms with Gasteiger partial charge in [0.25, 0.3) is 0 Å². The third-order valence-corrected chi connectivity index (χ3v) is 3.24. The normalized spacial score (nSPS) is 25.9. The van der Waals surface area contributed by atoms with Gasteiger partial charge in [-0.1, -0.05) is 0 Å². The molecule has 0 aromatic carbocycles. The van der Waals surface area contributed by atoms with Crippen molar-refractivity contribution in [2.45, 2.75) is 44.9 Å². The van der Waals surface area contributed by atoms with Crippen LogP contribution in [0.3, 0.4) is 0 Å². The largest absolute Gasteiger partial charge is 0.475 e. The van der Waals surface area contributed by atoms with Crippen LogP contribution in [0.2, 0.25) is 0 Å². The summed E-state index contributed by atoms with van der Waals surface area (Å²) in [6.07, 6.45) is 2.22. The lowest BCUT2D eigenvalue weighted by molar-refractivity contribution is 0.0111. The molecule has 0 bridgehead atoms. The highest BCUT2D eigenvalue weighted by Crippen LogP contribution is 2.20. The molecule has 18 heavy (non-hydrogen) atoms. The molecule has 1 aliphatic heterocycles. The summed E-state index contributed by atoms with van der Waals surface area (Å²) in [5, 5.41) is 12.3. The van der Waals surface area contributed by atoms with Crippen LogP contribution in [0, 0.1) is 0 Å². The maximum absolute atomic E-state index is 10.7. The number of furan rings is 1. The second kappa shape index (κ2) is 5.54. The van der Waals surface area contributed by atoms with E-state index >= 15 is 0 Å². The maximum atomic E-state index is 10.7. The monoisotopic (exact) mass is 253 g/mol. The summed E-state index contributed by atoms with van der Waals surface area (Å²) in [4.78, 5) is 10.7. The van der Waals surface area contributed by atoms with Crippen LogP contribution >= 0.6 is 0 Å². The molecular weight excluding hydrogens is 234 g/mol. The molecule has 0 amide bonds. The summed E-state index contributed by atoms with van der Waals surface area (Å²) in [7, 11) is 0. The lowest BCUT2D eigenvalue weighted by Gasteiger charge is -2.29. The van der Waals surface area contributed by atoms with E-state index in [1.54, 1.807) is 6.07 Å². The van der Waals surface area contributed by atoms with E-state index in [9.17, 15) is 4.79 Å². The Balaban J connectivity index is 1.93. The average Bonchev–Trinajstić information content (AvgIpc) is 2.78. The van der Waals surface area contributed by atoms with Gasteiger partial charge in [0.2, 0.25) is 5.76 Å². The highest BCUT2D eigenvalue weighted by Gasteiger charge is 2.22. The van der Waals surface area contributed by atoms with Crippen molar-refractivity contribution in [3.8, 4) is 0 Å². The van der Waals surface area contributed by atoms with Gasteiger partial charge in [0.05, 0.1) is 12.1 Å². The summed E-state index contributed by atoms with van der Waals surface area (Å²) in [6, 6.07) is 3.60. The van der Waals surface area contributed by atoms with Gasteiger partial charge >= 0.3 is 5.97 Å². The fourth-order valence-electron chi connectivity index (χ4n) is 2.29. The Morgan fingerprint density at radius 1 is 1.56 bits per heavy atom. The van der Waals surface area contributed by atoms with E-state index in [-0.39, 0.29) is 17.9 Å². The van der Waals surface area contributed by atoms with E-state index < -0.39 is 5.97 Å². The first-order valence-corrected chi connectivity index (χ1v) is 6.27. The highest BCUT2D eigenvalue weighted by molar-refractivity contribution is 5.84. The van der Waals surface area contributed by atoms with E-state index in [1.165, 1.54) is 6.07 Å². The Morgan fingerprint density at radius 2 is 2.33 bits per heavy atom. The number of aromatic carboxylic acids is 1. The van der Waals surface area contributed by atoms with Crippen molar-refractivity contribution >= 4 is 5.97 Å². The maximum Gasteiger partial charge on any atom is 0.371 e. The Labute approximate surface area is 106 Å². The lowest BCUT2D eigenvalue weighted by Crippen LogP contribution is -2.39. The Bertz CT molecular complexity index is 415. The number of rotatable bonds is 4. The Morgan fingerprint density at radius 3 is 2.94 bits per heavy atom. The molecule has 2 N–H and O–H groups in total. The number of carbonyl (C=O) groups is 1. The first-order valence-electron chi connectivity index (χ1n) is 6.27. The van der Waals surface area contributed by atoms with Crippen LogP contribution in [-0.2, 0) is 4.74 Å². The Kier molecular flexibility index (Phi) is 4.04. The van der Waals surface area contributed by atoms with Crippen LogP contribution in [0.5, 0.6) is 0 Å². The minimum absolute atomic E-state index is 0.00778. The topological polar surface area (TPSA) is 71.7 Å². The SMILES string of the molecule is CC1CC(NC(C)c2ccc(C(=O)O)o2)CCO1. The summed E-state index contributed by atoms with van der Waals surface area (Å²) in [5.74, 6) is -0.390. The van der Waals surface area contributed by atoms with E-state index in [2.05, 4.69) is 12.2 Å². The number of ether oxygens (including phenoxy) is 1.